The van der Waals surface area contributed by atoms with Crippen molar-refractivity contribution in [3.63, 3.8) is 0 Å². The third-order valence-electron chi connectivity index (χ3n) is 5.88. The van der Waals surface area contributed by atoms with E-state index in [-0.39, 0.29) is 5.56 Å². The fourth-order valence-electron chi connectivity index (χ4n) is 4.36. The van der Waals surface area contributed by atoms with Gasteiger partial charge in [0.25, 0.3) is 0 Å². The second-order valence-corrected chi connectivity index (χ2v) is 9.88. The quantitative estimate of drug-likeness (QED) is 0.328. The Morgan fingerprint density at radius 2 is 1.50 bits per heavy atom. The Kier molecular flexibility index (Phi) is 6.81. The molecule has 0 aromatic heterocycles. The number of carbonyl (C=O) groups excluding carboxylic acids is 1. The molecule has 0 bridgehead atoms. The van der Waals surface area contributed by atoms with E-state index >= 15 is 0 Å². The van der Waals surface area contributed by atoms with Gasteiger partial charge in [-0.2, -0.15) is 13.2 Å². The molecular formula is C25H21Br2F3N2O2. The number of hydrogen-bond acceptors (Lipinski definition) is 2. The first-order valence-electron chi connectivity index (χ1n) is 10.6. The van der Waals surface area contributed by atoms with Crippen LogP contribution in [-0.4, -0.2) is 17.2 Å². The molecule has 0 saturated carbocycles. The molecule has 3 aromatic rings. The molecule has 178 valence electrons. The van der Waals surface area contributed by atoms with Gasteiger partial charge in [0.2, 0.25) is 0 Å². The normalized spacial score (nSPS) is 20.8. The van der Waals surface area contributed by atoms with Gasteiger partial charge in [0, 0.05) is 25.9 Å². The van der Waals surface area contributed by atoms with Crippen LogP contribution in [0.15, 0.2) is 81.7 Å². The van der Waals surface area contributed by atoms with Gasteiger partial charge in [0.05, 0.1) is 11.6 Å². The topological polar surface area (TPSA) is 43.8 Å². The molecule has 0 radical (unpaired) electrons. The predicted octanol–water partition coefficient (Wildman–Crippen LogP) is 7.69. The predicted molar refractivity (Wildman–Crippen MR) is 133 cm³/mol. The minimum absolute atomic E-state index is 0.00310. The lowest BCUT2D eigenvalue weighted by molar-refractivity contribution is -0.137. The number of amides is 2. The molecule has 2 amide bonds. The number of halogens is 5. The van der Waals surface area contributed by atoms with E-state index in [4.69, 9.17) is 0 Å². The zero-order valence-corrected chi connectivity index (χ0v) is 21.2. The van der Waals surface area contributed by atoms with Crippen molar-refractivity contribution in [1.82, 2.24) is 0 Å². The van der Waals surface area contributed by atoms with Crippen LogP contribution < -0.4 is 9.80 Å². The van der Waals surface area contributed by atoms with Gasteiger partial charge in [0.1, 0.15) is 0 Å². The average molecular weight is 598 g/mol. The van der Waals surface area contributed by atoms with Crippen LogP contribution in [0.4, 0.5) is 29.3 Å². The highest BCUT2D eigenvalue weighted by atomic mass is 79.9. The summed E-state index contributed by atoms with van der Waals surface area (Å²) in [6.07, 6.45) is -3.63. The van der Waals surface area contributed by atoms with Gasteiger partial charge in [-0.1, -0.05) is 57.3 Å². The molecule has 0 aliphatic carbocycles. The first-order valence-corrected chi connectivity index (χ1v) is 12.2. The Labute approximate surface area is 212 Å². The lowest BCUT2D eigenvalue weighted by atomic mass is 9.89. The summed E-state index contributed by atoms with van der Waals surface area (Å²) in [5, 5.41) is 12.3. The van der Waals surface area contributed by atoms with Gasteiger partial charge in [-0.15, -0.1) is 0 Å². The molecule has 9 heteroatoms. The molecule has 0 spiro atoms. The lowest BCUT2D eigenvalue weighted by Gasteiger charge is -2.37. The summed E-state index contributed by atoms with van der Waals surface area (Å²) in [6, 6.07) is 17.0. The summed E-state index contributed by atoms with van der Waals surface area (Å²) in [6.45, 7) is 1.90. The average Bonchev–Trinajstić information content (AvgIpc) is 3.02. The molecule has 1 aliphatic rings. The molecule has 34 heavy (non-hydrogen) atoms. The molecule has 1 heterocycles. The summed E-state index contributed by atoms with van der Waals surface area (Å²) in [5.41, 5.74) is -2.03. The maximum atomic E-state index is 13.9. The Morgan fingerprint density at radius 3 is 2.03 bits per heavy atom. The monoisotopic (exact) mass is 596 g/mol. The van der Waals surface area contributed by atoms with Crippen LogP contribution in [0.3, 0.4) is 0 Å². The first kappa shape index (κ1) is 24.8. The van der Waals surface area contributed by atoms with E-state index in [9.17, 15) is 23.1 Å². The van der Waals surface area contributed by atoms with Crippen LogP contribution in [0.1, 0.15) is 30.9 Å². The van der Waals surface area contributed by atoms with E-state index in [2.05, 4.69) is 31.9 Å². The zero-order chi connectivity index (χ0) is 24.7. The van der Waals surface area contributed by atoms with Gasteiger partial charge in [-0.25, -0.2) is 4.79 Å². The van der Waals surface area contributed by atoms with Crippen molar-refractivity contribution >= 4 is 49.3 Å². The summed E-state index contributed by atoms with van der Waals surface area (Å²) in [5.74, 6) is 0. The molecule has 1 saturated heterocycles. The number of anilines is 2. The molecule has 3 aromatic carbocycles. The molecule has 4 rings (SSSR count). The fourth-order valence-corrected chi connectivity index (χ4v) is 4.88. The maximum Gasteiger partial charge on any atom is 0.416 e. The number of benzene rings is 3. The fraction of sp³-hybridized carbons (Fsp3) is 0.240. The zero-order valence-electron chi connectivity index (χ0n) is 18.1. The van der Waals surface area contributed by atoms with Gasteiger partial charge in [-0.05, 0) is 67.1 Å². The van der Waals surface area contributed by atoms with E-state index < -0.39 is 29.5 Å². The number of carbonyl (C=O) groups is 1. The van der Waals surface area contributed by atoms with Crippen molar-refractivity contribution in [3.8, 4) is 0 Å². The van der Waals surface area contributed by atoms with Crippen LogP contribution >= 0.6 is 31.9 Å². The summed E-state index contributed by atoms with van der Waals surface area (Å²) < 4.78 is 42.3. The van der Waals surface area contributed by atoms with Crippen molar-refractivity contribution < 1.29 is 23.1 Å². The van der Waals surface area contributed by atoms with Gasteiger partial charge in [-0.3, -0.25) is 9.80 Å². The molecule has 1 fully saturated rings. The smallest absolute Gasteiger partial charge is 0.365 e. The Balaban J connectivity index is 1.96. The van der Waals surface area contributed by atoms with E-state index in [0.717, 1.165) is 21.1 Å². The molecule has 1 N–H and O–H groups in total. The maximum absolute atomic E-state index is 13.9. The molecular weight excluding hydrogens is 577 g/mol. The Morgan fingerprint density at radius 1 is 0.941 bits per heavy atom. The highest BCUT2D eigenvalue weighted by molar-refractivity contribution is 9.10. The standard InChI is InChI=1S/C25H21Br2F3N2O2/c1-2-4-22-24(34,16-5-3-6-17(15-16)25(28,29)30)32(21-13-9-19(27)10-14-21)23(33)31(22)20-11-7-18(26)8-12-20/h3,5-15,22,34H,2,4H2,1H3. The lowest BCUT2D eigenvalue weighted by Crippen LogP contribution is -2.49. The number of alkyl halides is 3. The number of nitrogens with zero attached hydrogens (tertiary/aromatic N) is 2. The number of rotatable bonds is 5. The Hall–Kier alpha value is -2.36. The summed E-state index contributed by atoms with van der Waals surface area (Å²) in [7, 11) is 0. The van der Waals surface area contributed by atoms with Crippen molar-refractivity contribution in [3.05, 3.63) is 92.9 Å². The molecule has 4 nitrogen and oxygen atoms in total. The minimum atomic E-state index is -4.59. The van der Waals surface area contributed by atoms with Crippen LogP contribution in [0, 0.1) is 0 Å². The summed E-state index contributed by atoms with van der Waals surface area (Å²) >= 11 is 6.74. The highest BCUT2D eigenvalue weighted by Crippen LogP contribution is 2.47. The number of hydrogen-bond donors (Lipinski definition) is 1. The van der Waals surface area contributed by atoms with Gasteiger partial charge >= 0.3 is 12.2 Å². The van der Waals surface area contributed by atoms with Crippen molar-refractivity contribution in [1.29, 1.82) is 0 Å². The van der Waals surface area contributed by atoms with Crippen LogP contribution in [0.2, 0.25) is 0 Å². The van der Waals surface area contributed by atoms with E-state index in [1.54, 1.807) is 48.5 Å². The largest absolute Gasteiger partial charge is 0.416 e. The van der Waals surface area contributed by atoms with Crippen LogP contribution in [-0.2, 0) is 11.9 Å². The van der Waals surface area contributed by atoms with E-state index in [1.165, 1.54) is 21.9 Å². The molecule has 2 unspecified atom stereocenters. The third-order valence-corrected chi connectivity index (χ3v) is 6.94. The molecule has 1 aliphatic heterocycles. The molecule has 2 atom stereocenters. The van der Waals surface area contributed by atoms with Gasteiger partial charge in [0.15, 0.2) is 5.72 Å². The second-order valence-electron chi connectivity index (χ2n) is 8.05. The first-order chi connectivity index (χ1) is 16.1. The minimum Gasteiger partial charge on any atom is -0.365 e. The van der Waals surface area contributed by atoms with Crippen LogP contribution in [0.5, 0.6) is 0 Å². The number of aliphatic hydroxyl groups is 1. The van der Waals surface area contributed by atoms with Crippen molar-refractivity contribution in [2.24, 2.45) is 0 Å². The van der Waals surface area contributed by atoms with Crippen molar-refractivity contribution in [2.75, 3.05) is 9.80 Å². The van der Waals surface area contributed by atoms with E-state index in [1.807, 2.05) is 6.92 Å². The van der Waals surface area contributed by atoms with Gasteiger partial charge < -0.3 is 5.11 Å². The highest BCUT2D eigenvalue weighted by Gasteiger charge is 2.58. The summed E-state index contributed by atoms with van der Waals surface area (Å²) in [4.78, 5) is 16.5. The second kappa shape index (κ2) is 9.36. The van der Waals surface area contributed by atoms with Crippen molar-refractivity contribution in [2.45, 2.75) is 37.7 Å². The SMILES string of the molecule is CCCC1N(c2ccc(Br)cc2)C(=O)N(c2ccc(Br)cc2)C1(O)c1cccc(C(F)(F)F)c1. The Bertz CT molecular complexity index is 1190. The third kappa shape index (κ3) is 4.36. The number of urea groups is 1. The van der Waals surface area contributed by atoms with E-state index in [0.29, 0.717) is 24.2 Å². The van der Waals surface area contributed by atoms with Crippen LogP contribution in [0.25, 0.3) is 0 Å².